The van der Waals surface area contributed by atoms with Crippen LogP contribution in [0.15, 0.2) is 30.3 Å². The first-order chi connectivity index (χ1) is 8.78. The Hall–Kier alpha value is -0.900. The number of aliphatic hydroxyl groups is 1. The highest BCUT2D eigenvalue weighted by molar-refractivity contribution is 5.14. The Bertz CT molecular complexity index is 342. The minimum absolute atomic E-state index is 0.201. The van der Waals surface area contributed by atoms with Gasteiger partial charge in [-0.05, 0) is 31.9 Å². The minimum Gasteiger partial charge on any atom is -0.395 e. The van der Waals surface area contributed by atoms with Crippen LogP contribution in [0.1, 0.15) is 25.3 Å². The molecule has 0 bridgehead atoms. The molecule has 0 spiro atoms. The summed E-state index contributed by atoms with van der Waals surface area (Å²) in [6.07, 6.45) is 2.46. The molecule has 18 heavy (non-hydrogen) atoms. The van der Waals surface area contributed by atoms with Gasteiger partial charge in [0.1, 0.15) is 0 Å². The summed E-state index contributed by atoms with van der Waals surface area (Å²) in [6, 6.07) is 11.4. The SMILES string of the molecule is C[C@@H](CO)N[C@H]1CCCN(Cc2ccccc2)C1. The van der Waals surface area contributed by atoms with E-state index in [1.165, 1.54) is 24.9 Å². The Kier molecular flexibility index (Phi) is 5.17. The quantitative estimate of drug-likeness (QED) is 0.831. The lowest BCUT2D eigenvalue weighted by Crippen LogP contribution is -2.48. The highest BCUT2D eigenvalue weighted by Gasteiger charge is 2.20. The zero-order valence-corrected chi connectivity index (χ0v) is 11.2. The summed E-state index contributed by atoms with van der Waals surface area (Å²) in [5.74, 6) is 0. The second-order valence-electron chi connectivity index (χ2n) is 5.31. The lowest BCUT2D eigenvalue weighted by atomic mass is 10.0. The Morgan fingerprint density at radius 2 is 2.17 bits per heavy atom. The molecule has 3 nitrogen and oxygen atoms in total. The second-order valence-corrected chi connectivity index (χ2v) is 5.31. The molecule has 2 N–H and O–H groups in total. The number of likely N-dealkylation sites (tertiary alicyclic amines) is 1. The number of nitrogens with one attached hydrogen (secondary N) is 1. The Labute approximate surface area is 110 Å². The molecule has 1 aliphatic rings. The Morgan fingerprint density at radius 1 is 1.39 bits per heavy atom. The number of piperidine rings is 1. The van der Waals surface area contributed by atoms with E-state index in [1.54, 1.807) is 0 Å². The van der Waals surface area contributed by atoms with Gasteiger partial charge in [-0.1, -0.05) is 30.3 Å². The van der Waals surface area contributed by atoms with Gasteiger partial charge in [-0.3, -0.25) is 4.90 Å². The van der Waals surface area contributed by atoms with Crippen molar-refractivity contribution in [2.24, 2.45) is 0 Å². The van der Waals surface area contributed by atoms with Crippen LogP contribution in [0.5, 0.6) is 0 Å². The fourth-order valence-corrected chi connectivity index (χ4v) is 2.63. The average Bonchev–Trinajstić information content (AvgIpc) is 2.40. The third-order valence-electron chi connectivity index (χ3n) is 3.55. The molecule has 1 aliphatic heterocycles. The predicted octanol–water partition coefficient (Wildman–Crippen LogP) is 1.62. The van der Waals surface area contributed by atoms with Crippen molar-refractivity contribution in [3.8, 4) is 0 Å². The van der Waals surface area contributed by atoms with Gasteiger partial charge in [0.05, 0.1) is 6.61 Å². The normalized spacial score (nSPS) is 22.9. The number of rotatable bonds is 5. The number of hydrogen-bond donors (Lipinski definition) is 2. The van der Waals surface area contributed by atoms with Crippen molar-refractivity contribution in [1.29, 1.82) is 0 Å². The van der Waals surface area contributed by atoms with Gasteiger partial charge in [-0.15, -0.1) is 0 Å². The number of benzene rings is 1. The van der Waals surface area contributed by atoms with Crippen molar-refractivity contribution in [2.75, 3.05) is 19.7 Å². The summed E-state index contributed by atoms with van der Waals surface area (Å²) in [4.78, 5) is 2.50. The first-order valence-electron chi connectivity index (χ1n) is 6.91. The van der Waals surface area contributed by atoms with Crippen molar-refractivity contribution in [3.05, 3.63) is 35.9 Å². The first kappa shape index (κ1) is 13.5. The van der Waals surface area contributed by atoms with Gasteiger partial charge >= 0.3 is 0 Å². The number of nitrogens with zero attached hydrogens (tertiary/aromatic N) is 1. The number of hydrogen-bond acceptors (Lipinski definition) is 3. The standard InChI is InChI=1S/C15H24N2O/c1-13(12-18)16-15-8-5-9-17(11-15)10-14-6-3-2-4-7-14/h2-4,6-7,13,15-16,18H,5,8-12H2,1H3/t13-,15-/m0/s1. The third-order valence-corrected chi connectivity index (χ3v) is 3.55. The van der Waals surface area contributed by atoms with E-state index in [9.17, 15) is 0 Å². The van der Waals surface area contributed by atoms with Crippen LogP contribution in [-0.4, -0.2) is 41.8 Å². The van der Waals surface area contributed by atoms with E-state index in [0.717, 1.165) is 13.1 Å². The maximum Gasteiger partial charge on any atom is 0.0582 e. The van der Waals surface area contributed by atoms with Crippen LogP contribution in [0.3, 0.4) is 0 Å². The molecule has 3 heteroatoms. The molecule has 0 amide bonds. The molecular formula is C15H24N2O. The molecule has 0 aliphatic carbocycles. The lowest BCUT2D eigenvalue weighted by molar-refractivity contribution is 0.162. The molecular weight excluding hydrogens is 224 g/mol. The van der Waals surface area contributed by atoms with Crippen molar-refractivity contribution >= 4 is 0 Å². The van der Waals surface area contributed by atoms with E-state index in [1.807, 2.05) is 6.92 Å². The van der Waals surface area contributed by atoms with Gasteiger partial charge in [0.15, 0.2) is 0 Å². The zero-order chi connectivity index (χ0) is 12.8. The summed E-state index contributed by atoms with van der Waals surface area (Å²) in [6.45, 7) is 5.55. The van der Waals surface area contributed by atoms with E-state index in [0.29, 0.717) is 6.04 Å². The van der Waals surface area contributed by atoms with Gasteiger partial charge in [0.2, 0.25) is 0 Å². The monoisotopic (exact) mass is 248 g/mol. The van der Waals surface area contributed by atoms with Gasteiger partial charge in [-0.25, -0.2) is 0 Å². The summed E-state index contributed by atoms with van der Waals surface area (Å²) < 4.78 is 0. The fraction of sp³-hybridized carbons (Fsp3) is 0.600. The van der Waals surface area contributed by atoms with E-state index in [-0.39, 0.29) is 12.6 Å². The van der Waals surface area contributed by atoms with Crippen LogP contribution < -0.4 is 5.32 Å². The van der Waals surface area contributed by atoms with Crippen LogP contribution >= 0.6 is 0 Å². The maximum atomic E-state index is 9.09. The zero-order valence-electron chi connectivity index (χ0n) is 11.2. The van der Waals surface area contributed by atoms with Crippen molar-refractivity contribution in [1.82, 2.24) is 10.2 Å². The first-order valence-corrected chi connectivity index (χ1v) is 6.91. The van der Waals surface area contributed by atoms with E-state index < -0.39 is 0 Å². The van der Waals surface area contributed by atoms with Crippen LogP contribution in [0.2, 0.25) is 0 Å². The van der Waals surface area contributed by atoms with Gasteiger partial charge in [-0.2, -0.15) is 0 Å². The molecule has 1 aromatic rings. The summed E-state index contributed by atoms with van der Waals surface area (Å²) in [7, 11) is 0. The highest BCUT2D eigenvalue weighted by atomic mass is 16.3. The summed E-state index contributed by atoms with van der Waals surface area (Å²) in [5, 5.41) is 12.6. The Balaban J connectivity index is 1.83. The molecule has 1 heterocycles. The van der Waals surface area contributed by atoms with E-state index in [4.69, 9.17) is 5.11 Å². The molecule has 0 radical (unpaired) electrons. The smallest absolute Gasteiger partial charge is 0.0582 e. The van der Waals surface area contributed by atoms with Gasteiger partial charge in [0.25, 0.3) is 0 Å². The predicted molar refractivity (Wildman–Crippen MR) is 74.4 cm³/mol. The lowest BCUT2D eigenvalue weighted by Gasteiger charge is -2.34. The van der Waals surface area contributed by atoms with Gasteiger partial charge < -0.3 is 10.4 Å². The molecule has 1 saturated heterocycles. The van der Waals surface area contributed by atoms with E-state index in [2.05, 4.69) is 40.5 Å². The molecule has 2 atom stereocenters. The highest BCUT2D eigenvalue weighted by Crippen LogP contribution is 2.14. The molecule has 2 rings (SSSR count). The van der Waals surface area contributed by atoms with Gasteiger partial charge in [0, 0.05) is 25.2 Å². The van der Waals surface area contributed by atoms with E-state index >= 15 is 0 Å². The minimum atomic E-state index is 0.201. The Morgan fingerprint density at radius 3 is 2.89 bits per heavy atom. The summed E-state index contributed by atoms with van der Waals surface area (Å²) >= 11 is 0. The van der Waals surface area contributed by atoms with Crippen LogP contribution in [0.4, 0.5) is 0 Å². The largest absolute Gasteiger partial charge is 0.395 e. The molecule has 100 valence electrons. The van der Waals surface area contributed by atoms with Crippen molar-refractivity contribution < 1.29 is 5.11 Å². The van der Waals surface area contributed by atoms with Crippen molar-refractivity contribution in [2.45, 2.75) is 38.4 Å². The molecule has 0 unspecified atom stereocenters. The second kappa shape index (κ2) is 6.88. The van der Waals surface area contributed by atoms with Crippen LogP contribution in [-0.2, 0) is 6.54 Å². The molecule has 0 saturated carbocycles. The average molecular weight is 248 g/mol. The summed E-state index contributed by atoms with van der Waals surface area (Å²) in [5.41, 5.74) is 1.38. The molecule has 0 aromatic heterocycles. The molecule has 1 fully saturated rings. The topological polar surface area (TPSA) is 35.5 Å². The number of aliphatic hydroxyl groups excluding tert-OH is 1. The third kappa shape index (κ3) is 4.09. The van der Waals surface area contributed by atoms with Crippen molar-refractivity contribution in [3.63, 3.8) is 0 Å². The molecule has 1 aromatic carbocycles. The van der Waals surface area contributed by atoms with Crippen LogP contribution in [0, 0.1) is 0 Å². The fourth-order valence-electron chi connectivity index (χ4n) is 2.63. The maximum absolute atomic E-state index is 9.09. The van der Waals surface area contributed by atoms with Crippen LogP contribution in [0.25, 0.3) is 0 Å².